The molecule has 2 heterocycles. The zero-order chi connectivity index (χ0) is 15.8. The highest BCUT2D eigenvalue weighted by Crippen LogP contribution is 2.28. The predicted molar refractivity (Wildman–Crippen MR) is 86.1 cm³/mol. The maximum Gasteiger partial charge on any atom is 0.244 e. The first kappa shape index (κ1) is 16.8. The van der Waals surface area contributed by atoms with Crippen molar-refractivity contribution in [3.8, 4) is 0 Å². The standard InChI is InChI=1S/C15H25ClN2O2S/c1-11(2)18-10-15(6-14(18)7-16)21(19,20)17-8-12(3)5-13(4)9-17/h6,10-13H,5,7-9H2,1-4H3. The molecule has 1 fully saturated rings. The molecule has 0 bridgehead atoms. The van der Waals surface area contributed by atoms with Crippen molar-refractivity contribution in [2.75, 3.05) is 13.1 Å². The van der Waals surface area contributed by atoms with Gasteiger partial charge in [0.15, 0.2) is 0 Å². The molecular formula is C15H25ClN2O2S. The molecule has 0 saturated carbocycles. The van der Waals surface area contributed by atoms with Gasteiger partial charge in [0.1, 0.15) is 4.90 Å². The summed E-state index contributed by atoms with van der Waals surface area (Å²) in [5, 5.41) is 0. The maximum atomic E-state index is 12.9. The number of rotatable bonds is 4. The van der Waals surface area contributed by atoms with E-state index in [0.29, 0.717) is 35.7 Å². The Kier molecular flexibility index (Phi) is 5.06. The first-order valence-corrected chi connectivity index (χ1v) is 9.50. The smallest absolute Gasteiger partial charge is 0.244 e. The minimum atomic E-state index is -3.42. The summed E-state index contributed by atoms with van der Waals surface area (Å²) in [5.41, 5.74) is 0.850. The molecule has 0 aliphatic carbocycles. The van der Waals surface area contributed by atoms with Crippen molar-refractivity contribution in [1.82, 2.24) is 8.87 Å². The van der Waals surface area contributed by atoms with Crippen molar-refractivity contribution in [2.24, 2.45) is 11.8 Å². The molecule has 1 aromatic heterocycles. The van der Waals surface area contributed by atoms with Gasteiger partial charge >= 0.3 is 0 Å². The summed E-state index contributed by atoms with van der Waals surface area (Å²) in [6.45, 7) is 9.49. The largest absolute Gasteiger partial charge is 0.346 e. The van der Waals surface area contributed by atoms with Gasteiger partial charge in [0.25, 0.3) is 0 Å². The van der Waals surface area contributed by atoms with Gasteiger partial charge in [0, 0.05) is 31.0 Å². The Morgan fingerprint density at radius 3 is 2.29 bits per heavy atom. The second-order valence-electron chi connectivity index (χ2n) is 6.57. The van der Waals surface area contributed by atoms with Crippen LogP contribution in [0.3, 0.4) is 0 Å². The number of hydrogen-bond acceptors (Lipinski definition) is 2. The van der Waals surface area contributed by atoms with Gasteiger partial charge in [-0.1, -0.05) is 13.8 Å². The average Bonchev–Trinajstić information content (AvgIpc) is 2.82. The van der Waals surface area contributed by atoms with E-state index in [1.165, 1.54) is 0 Å². The lowest BCUT2D eigenvalue weighted by atomic mass is 9.94. The Balaban J connectivity index is 2.35. The van der Waals surface area contributed by atoms with Gasteiger partial charge < -0.3 is 4.57 Å². The first-order chi connectivity index (χ1) is 9.75. The molecule has 2 atom stereocenters. The molecule has 2 unspecified atom stereocenters. The van der Waals surface area contributed by atoms with Gasteiger partial charge in [-0.05, 0) is 38.2 Å². The van der Waals surface area contributed by atoms with Gasteiger partial charge in [0.2, 0.25) is 10.0 Å². The Labute approximate surface area is 133 Å². The minimum Gasteiger partial charge on any atom is -0.346 e. The van der Waals surface area contributed by atoms with Crippen LogP contribution in [0, 0.1) is 11.8 Å². The van der Waals surface area contributed by atoms with Crippen LogP contribution >= 0.6 is 11.6 Å². The third-order valence-corrected chi connectivity index (χ3v) is 6.14. The molecule has 1 aromatic rings. The maximum absolute atomic E-state index is 12.9. The number of sulfonamides is 1. The van der Waals surface area contributed by atoms with Gasteiger partial charge in [-0.3, -0.25) is 0 Å². The van der Waals surface area contributed by atoms with Crippen LogP contribution in [-0.4, -0.2) is 30.4 Å². The highest BCUT2D eigenvalue weighted by molar-refractivity contribution is 7.89. The van der Waals surface area contributed by atoms with E-state index in [-0.39, 0.29) is 6.04 Å². The number of piperidine rings is 1. The molecule has 2 rings (SSSR count). The SMILES string of the molecule is CC1CC(C)CN(S(=O)(=O)c2cc(CCl)n(C(C)C)c2)C1. The third-order valence-electron chi connectivity index (χ3n) is 4.07. The summed E-state index contributed by atoms with van der Waals surface area (Å²) in [6, 6.07) is 1.91. The van der Waals surface area contributed by atoms with E-state index in [1.807, 2.05) is 18.4 Å². The van der Waals surface area contributed by atoms with Crippen molar-refractivity contribution in [1.29, 1.82) is 0 Å². The molecule has 120 valence electrons. The Morgan fingerprint density at radius 1 is 1.29 bits per heavy atom. The van der Waals surface area contributed by atoms with E-state index < -0.39 is 10.0 Å². The van der Waals surface area contributed by atoms with E-state index in [2.05, 4.69) is 13.8 Å². The van der Waals surface area contributed by atoms with E-state index >= 15 is 0 Å². The van der Waals surface area contributed by atoms with Crippen LogP contribution in [0.15, 0.2) is 17.2 Å². The Hall–Kier alpha value is -0.520. The quantitative estimate of drug-likeness (QED) is 0.792. The molecule has 1 saturated heterocycles. The summed E-state index contributed by atoms with van der Waals surface area (Å²) in [6.07, 6.45) is 2.81. The summed E-state index contributed by atoms with van der Waals surface area (Å²) in [7, 11) is -3.42. The van der Waals surface area contributed by atoms with Crippen LogP contribution in [0.25, 0.3) is 0 Å². The first-order valence-electron chi connectivity index (χ1n) is 7.52. The monoisotopic (exact) mass is 332 g/mol. The highest BCUT2D eigenvalue weighted by atomic mass is 35.5. The van der Waals surface area contributed by atoms with Crippen LogP contribution in [0.5, 0.6) is 0 Å². The molecule has 0 radical (unpaired) electrons. The second-order valence-corrected chi connectivity index (χ2v) is 8.78. The number of nitrogens with zero attached hydrogens (tertiary/aromatic N) is 2. The molecule has 0 spiro atoms. The molecule has 0 amide bonds. The van der Waals surface area contributed by atoms with Crippen LogP contribution in [0.4, 0.5) is 0 Å². The number of alkyl halides is 1. The lowest BCUT2D eigenvalue weighted by Gasteiger charge is -2.33. The molecule has 21 heavy (non-hydrogen) atoms. The summed E-state index contributed by atoms with van der Waals surface area (Å²) < 4.78 is 29.3. The van der Waals surface area contributed by atoms with Gasteiger partial charge in [-0.25, -0.2) is 8.42 Å². The fourth-order valence-electron chi connectivity index (χ4n) is 3.18. The average molecular weight is 333 g/mol. The van der Waals surface area contributed by atoms with E-state index in [9.17, 15) is 8.42 Å². The summed E-state index contributed by atoms with van der Waals surface area (Å²) in [5.74, 6) is 1.13. The van der Waals surface area contributed by atoms with Crippen molar-refractivity contribution >= 4 is 21.6 Å². The molecule has 0 N–H and O–H groups in total. The van der Waals surface area contributed by atoms with Crippen LogP contribution < -0.4 is 0 Å². The fourth-order valence-corrected chi connectivity index (χ4v) is 5.12. The zero-order valence-electron chi connectivity index (χ0n) is 13.2. The molecule has 1 aliphatic rings. The normalized spacial score (nSPS) is 24.7. The molecule has 4 nitrogen and oxygen atoms in total. The predicted octanol–water partition coefficient (Wildman–Crippen LogP) is 3.47. The van der Waals surface area contributed by atoms with E-state index in [4.69, 9.17) is 11.6 Å². The molecule has 6 heteroatoms. The molecule has 1 aliphatic heterocycles. The highest BCUT2D eigenvalue weighted by Gasteiger charge is 2.32. The summed E-state index contributed by atoms with van der Waals surface area (Å²) >= 11 is 5.94. The third kappa shape index (κ3) is 3.46. The van der Waals surface area contributed by atoms with Crippen LogP contribution in [0.1, 0.15) is 45.9 Å². The van der Waals surface area contributed by atoms with Crippen molar-refractivity contribution in [3.05, 3.63) is 18.0 Å². The van der Waals surface area contributed by atoms with Gasteiger partial charge in [-0.2, -0.15) is 4.31 Å². The van der Waals surface area contributed by atoms with E-state index in [1.54, 1.807) is 16.6 Å². The second kappa shape index (κ2) is 6.31. The fraction of sp³-hybridized carbons (Fsp3) is 0.733. The molecular weight excluding hydrogens is 308 g/mol. The number of halogens is 1. The van der Waals surface area contributed by atoms with Crippen molar-refractivity contribution in [3.63, 3.8) is 0 Å². The lowest BCUT2D eigenvalue weighted by molar-refractivity contribution is 0.222. The van der Waals surface area contributed by atoms with Crippen LogP contribution in [0.2, 0.25) is 0 Å². The van der Waals surface area contributed by atoms with Crippen molar-refractivity contribution < 1.29 is 8.42 Å². The number of hydrogen-bond donors (Lipinski definition) is 0. The van der Waals surface area contributed by atoms with Gasteiger partial charge in [-0.15, -0.1) is 11.6 Å². The van der Waals surface area contributed by atoms with Gasteiger partial charge in [0.05, 0.1) is 5.88 Å². The molecule has 0 aromatic carbocycles. The topological polar surface area (TPSA) is 42.3 Å². The lowest BCUT2D eigenvalue weighted by Crippen LogP contribution is -2.42. The summed E-state index contributed by atoms with van der Waals surface area (Å²) in [4.78, 5) is 0.369. The van der Waals surface area contributed by atoms with Crippen LogP contribution in [-0.2, 0) is 15.9 Å². The number of aromatic nitrogens is 1. The van der Waals surface area contributed by atoms with E-state index in [0.717, 1.165) is 12.1 Å². The Morgan fingerprint density at radius 2 is 1.86 bits per heavy atom. The zero-order valence-corrected chi connectivity index (χ0v) is 14.8. The van der Waals surface area contributed by atoms with Crippen molar-refractivity contribution in [2.45, 2.75) is 50.9 Å². The Bertz CT molecular complexity index is 585. The minimum absolute atomic E-state index is 0.196.